The maximum Gasteiger partial charge on any atom is 0.255 e. The van der Waals surface area contributed by atoms with Crippen molar-refractivity contribution in [3.63, 3.8) is 0 Å². The summed E-state index contributed by atoms with van der Waals surface area (Å²) in [6.45, 7) is 6.49. The molecule has 4 aromatic rings. The van der Waals surface area contributed by atoms with Gasteiger partial charge in [0.05, 0.1) is 28.8 Å². The van der Waals surface area contributed by atoms with E-state index in [4.69, 9.17) is 15.1 Å². The highest BCUT2D eigenvalue weighted by atomic mass is 127. The van der Waals surface area contributed by atoms with E-state index in [0.29, 0.717) is 11.9 Å². The van der Waals surface area contributed by atoms with E-state index in [0.717, 1.165) is 61.6 Å². The number of fused-ring (bicyclic) bond motifs is 2. The molecule has 2 atom stereocenters. The fourth-order valence-corrected chi connectivity index (χ4v) is 6.54. The predicted molar refractivity (Wildman–Crippen MR) is 149 cm³/mol. The van der Waals surface area contributed by atoms with E-state index in [1.54, 1.807) is 6.20 Å². The fourth-order valence-electron chi connectivity index (χ4n) is 4.86. The monoisotopic (exact) mass is 601 g/mol. The second kappa shape index (κ2) is 10.6. The van der Waals surface area contributed by atoms with E-state index in [9.17, 15) is 4.79 Å². The van der Waals surface area contributed by atoms with Crippen molar-refractivity contribution in [1.29, 1.82) is 0 Å². The van der Waals surface area contributed by atoms with Crippen molar-refractivity contribution in [3.05, 3.63) is 77.8 Å². The van der Waals surface area contributed by atoms with E-state index in [-0.39, 0.29) is 11.9 Å². The van der Waals surface area contributed by atoms with Gasteiger partial charge in [-0.05, 0) is 65.2 Å². The predicted octanol–water partition coefficient (Wildman–Crippen LogP) is 5.13. The Morgan fingerprint density at radius 1 is 1.09 bits per heavy atom. The van der Waals surface area contributed by atoms with Crippen LogP contribution < -0.4 is 4.90 Å². The van der Waals surface area contributed by atoms with E-state index in [1.807, 2.05) is 60.1 Å². The lowest BCUT2D eigenvalue weighted by Gasteiger charge is -2.35. The third-order valence-corrected chi connectivity index (χ3v) is 8.63. The molecule has 0 saturated carbocycles. The van der Waals surface area contributed by atoms with Crippen LogP contribution in [0, 0.1) is 0 Å². The lowest BCUT2D eigenvalue weighted by molar-refractivity contribution is 0.0792. The first-order chi connectivity index (χ1) is 17.2. The zero-order valence-electron chi connectivity index (χ0n) is 19.9. The molecule has 0 spiro atoms. The summed E-state index contributed by atoms with van der Waals surface area (Å²) in [4.78, 5) is 26.5. The van der Waals surface area contributed by atoms with Crippen LogP contribution in [0.3, 0.4) is 0 Å². The first-order valence-electron chi connectivity index (χ1n) is 12.1. The molecule has 4 aromatic heterocycles. The van der Waals surface area contributed by atoms with Gasteiger partial charge in [0.15, 0.2) is 0 Å². The number of amides is 1. The van der Waals surface area contributed by atoms with Gasteiger partial charge in [-0.2, -0.15) is 5.10 Å². The third kappa shape index (κ3) is 4.56. The summed E-state index contributed by atoms with van der Waals surface area (Å²) in [5.41, 5.74) is 4.95. The maximum atomic E-state index is 12.8. The van der Waals surface area contributed by atoms with E-state index < -0.39 is 0 Å². The van der Waals surface area contributed by atoms with Crippen LogP contribution in [0.25, 0.3) is 5.52 Å². The number of hydrogen-bond acceptors (Lipinski definition) is 5. The van der Waals surface area contributed by atoms with Crippen molar-refractivity contribution in [3.8, 4) is 0 Å². The zero-order chi connectivity index (χ0) is 24.4. The van der Waals surface area contributed by atoms with Crippen LogP contribution in [0.1, 0.15) is 60.2 Å². The summed E-state index contributed by atoms with van der Waals surface area (Å²) in [5, 5.41) is 4.88. The number of hydrogen-bond donors (Lipinski definition) is 0. The number of carbonyl (C=O) groups excluding carboxylic acids is 1. The van der Waals surface area contributed by atoms with Crippen LogP contribution in [-0.2, 0) is 6.42 Å². The van der Waals surface area contributed by atoms with Gasteiger partial charge in [0.25, 0.3) is 5.91 Å². The smallest absolute Gasteiger partial charge is 0.255 e. The highest BCUT2D eigenvalue weighted by molar-refractivity contribution is 14.2. The highest BCUT2D eigenvalue weighted by Crippen LogP contribution is 2.39. The topological polar surface area (TPSA) is 71.6 Å². The Morgan fingerprint density at radius 2 is 1.91 bits per heavy atom. The first kappa shape index (κ1) is 24.2. The van der Waals surface area contributed by atoms with E-state index in [1.165, 1.54) is 5.69 Å². The summed E-state index contributed by atoms with van der Waals surface area (Å²) < 4.78 is 4.14. The molecule has 10 heteroatoms. The molecule has 2 aliphatic rings. The molecule has 0 bridgehead atoms. The number of aromatic nitrogens is 5. The summed E-state index contributed by atoms with van der Waals surface area (Å²) in [7, 11) is 0. The summed E-state index contributed by atoms with van der Waals surface area (Å²) in [6, 6.07) is 11.9. The van der Waals surface area contributed by atoms with Crippen molar-refractivity contribution in [2.75, 3.05) is 24.5 Å². The molecule has 1 saturated heterocycles. The molecule has 0 N–H and O–H groups in total. The molecule has 6 rings (SSSR count). The lowest BCUT2D eigenvalue weighted by Crippen LogP contribution is -2.37. The molecular formula is C25H29IN7OP. The number of anilines is 1. The van der Waals surface area contributed by atoms with Crippen LogP contribution in [0.4, 0.5) is 5.82 Å². The van der Waals surface area contributed by atoms with Crippen molar-refractivity contribution < 1.29 is 4.79 Å². The second-order valence-corrected chi connectivity index (χ2v) is 10.5. The van der Waals surface area contributed by atoms with Crippen molar-refractivity contribution in [2.45, 2.75) is 39.2 Å². The summed E-state index contributed by atoms with van der Waals surface area (Å²) in [5.74, 6) is 0.915. The first-order valence-corrected chi connectivity index (χ1v) is 16.2. The Labute approximate surface area is 220 Å². The van der Waals surface area contributed by atoms with E-state index in [2.05, 4.69) is 43.4 Å². The van der Waals surface area contributed by atoms with Gasteiger partial charge in [0.2, 0.25) is 0 Å². The Morgan fingerprint density at radius 3 is 2.63 bits per heavy atom. The van der Waals surface area contributed by atoms with Crippen molar-refractivity contribution >= 4 is 45.7 Å². The van der Waals surface area contributed by atoms with Gasteiger partial charge in [0.1, 0.15) is 11.9 Å². The quantitative estimate of drug-likeness (QED) is 0.240. The molecule has 0 aromatic carbocycles. The number of rotatable bonds is 4. The summed E-state index contributed by atoms with van der Waals surface area (Å²) >= 11 is 2.40. The largest absolute Gasteiger partial charge is 0.342 e. The van der Waals surface area contributed by atoms with Gasteiger partial charge in [-0.3, -0.25) is 4.79 Å². The fraction of sp³-hybridized carbons (Fsp3) is 0.360. The SMILES string of the molecule is CC.O=C(c1ccc(N2CCc3c(ncn3PI)C2c2cc3ccccn3n2)nc1)N1CCCC1. The average molecular weight is 601 g/mol. The van der Waals surface area contributed by atoms with Crippen LogP contribution in [0.15, 0.2) is 55.1 Å². The van der Waals surface area contributed by atoms with Gasteiger partial charge in [-0.15, -0.1) is 0 Å². The van der Waals surface area contributed by atoms with Crippen LogP contribution in [-0.4, -0.2) is 54.4 Å². The number of pyridine rings is 2. The van der Waals surface area contributed by atoms with Gasteiger partial charge in [-0.25, -0.2) is 14.5 Å². The van der Waals surface area contributed by atoms with Gasteiger partial charge < -0.3 is 14.1 Å². The minimum Gasteiger partial charge on any atom is -0.342 e. The average Bonchev–Trinajstić information content (AvgIpc) is 3.68. The van der Waals surface area contributed by atoms with Crippen molar-refractivity contribution in [1.82, 2.24) is 28.8 Å². The number of nitrogens with zero attached hydrogens (tertiary/aromatic N) is 7. The van der Waals surface area contributed by atoms with Gasteiger partial charge >= 0.3 is 0 Å². The minimum absolute atomic E-state index is 0.0751. The second-order valence-electron chi connectivity index (χ2n) is 8.42. The van der Waals surface area contributed by atoms with Crippen LogP contribution in [0.5, 0.6) is 0 Å². The number of likely N-dealkylation sites (tertiary alicyclic amines) is 1. The number of imidazole rings is 1. The summed E-state index contributed by atoms with van der Waals surface area (Å²) in [6.07, 6.45) is 9.29. The standard InChI is InChI=1S/C23H23IN7OP.C2H6/c24-33-31-15-26-21-19(31)8-12-29(22(21)18-13-17-5-1-2-11-30(17)27-18)20-7-6-16(14-25-20)23(32)28-9-3-4-10-28;1-2/h1-2,5-7,11,13-15,22,33H,3-4,8-10,12H2;1-2H3. The van der Waals surface area contributed by atoms with Crippen molar-refractivity contribution in [2.24, 2.45) is 0 Å². The Hall–Kier alpha value is -2.52. The lowest BCUT2D eigenvalue weighted by atomic mass is 9.99. The third-order valence-electron chi connectivity index (χ3n) is 6.50. The molecule has 2 aliphatic heterocycles. The Bertz CT molecular complexity index is 1280. The molecular weight excluding hydrogens is 572 g/mol. The molecule has 35 heavy (non-hydrogen) atoms. The van der Waals surface area contributed by atoms with Gasteiger partial charge in [0, 0.05) is 50.5 Å². The van der Waals surface area contributed by atoms with E-state index >= 15 is 0 Å². The molecule has 6 heterocycles. The molecule has 1 fully saturated rings. The van der Waals surface area contributed by atoms with Crippen LogP contribution >= 0.6 is 28.4 Å². The molecule has 2 unspecified atom stereocenters. The Balaban J connectivity index is 0.00000124. The zero-order valence-corrected chi connectivity index (χ0v) is 23.1. The van der Waals surface area contributed by atoms with Gasteiger partial charge in [-0.1, -0.05) is 19.9 Å². The number of carbonyl (C=O) groups is 1. The highest BCUT2D eigenvalue weighted by Gasteiger charge is 2.35. The molecule has 0 radical (unpaired) electrons. The normalized spacial score (nSPS) is 17.6. The van der Waals surface area contributed by atoms with Crippen LogP contribution in [0.2, 0.25) is 0 Å². The number of halogens is 1. The Kier molecular flexibility index (Phi) is 7.34. The minimum atomic E-state index is -0.129. The molecule has 182 valence electrons. The molecule has 1 amide bonds. The maximum absolute atomic E-state index is 12.8. The molecule has 8 nitrogen and oxygen atoms in total. The molecule has 0 aliphatic carbocycles.